The third-order valence-corrected chi connectivity index (χ3v) is 3.19. The van der Waals surface area contributed by atoms with Crippen LogP contribution >= 0.6 is 0 Å². The fourth-order valence-electron chi connectivity index (χ4n) is 1.73. The Morgan fingerprint density at radius 2 is 2.12 bits per heavy atom. The summed E-state index contributed by atoms with van der Waals surface area (Å²) in [7, 11) is 0. The van der Waals surface area contributed by atoms with E-state index in [0.29, 0.717) is 5.92 Å². The van der Waals surface area contributed by atoms with Gasteiger partial charge in [-0.1, -0.05) is 20.8 Å². The first-order chi connectivity index (χ1) is 8.06. The van der Waals surface area contributed by atoms with Crippen LogP contribution in [0.1, 0.15) is 33.3 Å². The van der Waals surface area contributed by atoms with Gasteiger partial charge in [-0.15, -0.1) is 0 Å². The van der Waals surface area contributed by atoms with E-state index < -0.39 is 0 Å². The van der Waals surface area contributed by atoms with E-state index in [-0.39, 0.29) is 6.04 Å². The van der Waals surface area contributed by atoms with Gasteiger partial charge in [0.05, 0.1) is 6.20 Å². The van der Waals surface area contributed by atoms with Crippen molar-refractivity contribution in [1.82, 2.24) is 14.7 Å². The summed E-state index contributed by atoms with van der Waals surface area (Å²) < 4.78 is 1.96. The van der Waals surface area contributed by atoms with E-state index in [1.54, 1.807) is 0 Å². The monoisotopic (exact) mass is 238 g/mol. The fourth-order valence-corrected chi connectivity index (χ4v) is 1.73. The van der Waals surface area contributed by atoms with Crippen molar-refractivity contribution in [3.8, 4) is 0 Å². The lowest BCUT2D eigenvalue weighted by atomic mass is 10.1. The van der Waals surface area contributed by atoms with Gasteiger partial charge in [0.25, 0.3) is 0 Å². The van der Waals surface area contributed by atoms with Crippen LogP contribution in [0.15, 0.2) is 12.4 Å². The molecular formula is C13H26N4. The molecule has 1 unspecified atom stereocenters. The molecule has 0 aliphatic carbocycles. The molecule has 0 saturated heterocycles. The van der Waals surface area contributed by atoms with Gasteiger partial charge in [-0.25, -0.2) is 0 Å². The predicted octanol–water partition coefficient (Wildman–Crippen LogP) is 1.71. The van der Waals surface area contributed by atoms with E-state index in [4.69, 9.17) is 5.73 Å². The number of aryl methyl sites for hydroxylation is 1. The Kier molecular flexibility index (Phi) is 5.65. The Hall–Kier alpha value is -0.870. The third kappa shape index (κ3) is 4.48. The Bertz CT molecular complexity index is 319. The standard InChI is InChI=1S/C13H26N4/c1-5-16(10-13(14)11(3)4)8-12-7-15-17(6-2)9-12/h7,9,11,13H,5-6,8,10,14H2,1-4H3. The van der Waals surface area contributed by atoms with Crippen LogP contribution in [0.25, 0.3) is 0 Å². The highest BCUT2D eigenvalue weighted by molar-refractivity contribution is 5.03. The SMILES string of the molecule is CCN(Cc1cnn(CC)c1)CC(N)C(C)C. The molecule has 1 atom stereocenters. The first kappa shape index (κ1) is 14.2. The number of nitrogens with zero attached hydrogens (tertiary/aromatic N) is 3. The van der Waals surface area contributed by atoms with Crippen molar-refractivity contribution in [2.45, 2.75) is 46.8 Å². The zero-order chi connectivity index (χ0) is 12.8. The highest BCUT2D eigenvalue weighted by atomic mass is 15.3. The molecule has 4 heteroatoms. The van der Waals surface area contributed by atoms with E-state index in [1.165, 1.54) is 5.56 Å². The van der Waals surface area contributed by atoms with E-state index in [9.17, 15) is 0 Å². The van der Waals surface area contributed by atoms with Crippen molar-refractivity contribution in [3.63, 3.8) is 0 Å². The van der Waals surface area contributed by atoms with Crippen LogP contribution in [-0.2, 0) is 13.1 Å². The van der Waals surface area contributed by atoms with Gasteiger partial charge < -0.3 is 5.73 Å². The minimum atomic E-state index is 0.246. The summed E-state index contributed by atoms with van der Waals surface area (Å²) in [4.78, 5) is 2.38. The molecule has 0 aliphatic heterocycles. The molecule has 98 valence electrons. The largest absolute Gasteiger partial charge is 0.326 e. The number of aromatic nitrogens is 2. The van der Waals surface area contributed by atoms with Crippen molar-refractivity contribution in [1.29, 1.82) is 0 Å². The van der Waals surface area contributed by atoms with Crippen LogP contribution in [0.3, 0.4) is 0 Å². The van der Waals surface area contributed by atoms with E-state index in [0.717, 1.165) is 26.2 Å². The lowest BCUT2D eigenvalue weighted by Crippen LogP contribution is -2.40. The van der Waals surface area contributed by atoms with Crippen LogP contribution in [0.5, 0.6) is 0 Å². The summed E-state index contributed by atoms with van der Waals surface area (Å²) in [5, 5.41) is 4.30. The van der Waals surface area contributed by atoms with Crippen LogP contribution in [-0.4, -0.2) is 33.8 Å². The quantitative estimate of drug-likeness (QED) is 0.786. The number of nitrogens with two attached hydrogens (primary N) is 1. The second kappa shape index (κ2) is 6.77. The molecule has 2 N–H and O–H groups in total. The Labute approximate surface area is 105 Å². The predicted molar refractivity (Wildman–Crippen MR) is 71.7 cm³/mol. The summed E-state index contributed by atoms with van der Waals surface area (Å²) >= 11 is 0. The third-order valence-electron chi connectivity index (χ3n) is 3.19. The number of rotatable bonds is 7. The first-order valence-corrected chi connectivity index (χ1v) is 6.56. The number of hydrogen-bond donors (Lipinski definition) is 1. The van der Waals surface area contributed by atoms with Crippen LogP contribution in [0.4, 0.5) is 0 Å². The first-order valence-electron chi connectivity index (χ1n) is 6.56. The maximum atomic E-state index is 6.12. The lowest BCUT2D eigenvalue weighted by Gasteiger charge is -2.25. The molecule has 1 aromatic rings. The minimum Gasteiger partial charge on any atom is -0.326 e. The fraction of sp³-hybridized carbons (Fsp3) is 0.769. The maximum Gasteiger partial charge on any atom is 0.0534 e. The molecule has 4 nitrogen and oxygen atoms in total. The zero-order valence-electron chi connectivity index (χ0n) is 11.6. The highest BCUT2D eigenvalue weighted by Gasteiger charge is 2.13. The van der Waals surface area contributed by atoms with Crippen LogP contribution in [0.2, 0.25) is 0 Å². The molecule has 1 rings (SSSR count). The van der Waals surface area contributed by atoms with Gasteiger partial charge in [0.2, 0.25) is 0 Å². The number of likely N-dealkylation sites (N-methyl/N-ethyl adjacent to an activating group) is 1. The van der Waals surface area contributed by atoms with Crippen molar-refractivity contribution in [2.24, 2.45) is 11.7 Å². The average molecular weight is 238 g/mol. The minimum absolute atomic E-state index is 0.246. The smallest absolute Gasteiger partial charge is 0.0534 e. The van der Waals surface area contributed by atoms with Crippen molar-refractivity contribution in [3.05, 3.63) is 18.0 Å². The summed E-state index contributed by atoms with van der Waals surface area (Å²) in [6.45, 7) is 12.5. The molecule has 1 heterocycles. The van der Waals surface area contributed by atoms with Gasteiger partial charge in [-0.05, 0) is 19.4 Å². The number of hydrogen-bond acceptors (Lipinski definition) is 3. The Balaban J connectivity index is 2.51. The molecule has 0 fully saturated rings. The summed E-state index contributed by atoms with van der Waals surface area (Å²) in [6, 6.07) is 0.246. The molecule has 0 saturated carbocycles. The molecule has 1 aromatic heterocycles. The normalized spacial score (nSPS) is 13.6. The molecule has 0 bridgehead atoms. The summed E-state index contributed by atoms with van der Waals surface area (Å²) in [5.74, 6) is 0.530. The summed E-state index contributed by atoms with van der Waals surface area (Å²) in [6.07, 6.45) is 4.07. The summed E-state index contributed by atoms with van der Waals surface area (Å²) in [5.41, 5.74) is 7.38. The van der Waals surface area contributed by atoms with E-state index >= 15 is 0 Å². The topological polar surface area (TPSA) is 47.1 Å². The Morgan fingerprint density at radius 3 is 2.59 bits per heavy atom. The van der Waals surface area contributed by atoms with Gasteiger partial charge in [-0.2, -0.15) is 5.10 Å². The van der Waals surface area contributed by atoms with Gasteiger partial charge in [0, 0.05) is 37.4 Å². The van der Waals surface area contributed by atoms with E-state index in [1.807, 2.05) is 10.9 Å². The van der Waals surface area contributed by atoms with Gasteiger partial charge in [0.1, 0.15) is 0 Å². The van der Waals surface area contributed by atoms with Crippen molar-refractivity contribution < 1.29 is 0 Å². The molecule has 0 aromatic carbocycles. The zero-order valence-corrected chi connectivity index (χ0v) is 11.6. The molecule has 0 aliphatic rings. The van der Waals surface area contributed by atoms with Crippen LogP contribution < -0.4 is 5.73 Å². The molecule has 0 radical (unpaired) electrons. The Morgan fingerprint density at radius 1 is 1.41 bits per heavy atom. The van der Waals surface area contributed by atoms with Gasteiger partial charge in [-0.3, -0.25) is 9.58 Å². The second-order valence-corrected chi connectivity index (χ2v) is 4.94. The second-order valence-electron chi connectivity index (χ2n) is 4.94. The molecule has 17 heavy (non-hydrogen) atoms. The maximum absolute atomic E-state index is 6.12. The molecule has 0 spiro atoms. The average Bonchev–Trinajstić information content (AvgIpc) is 2.75. The van der Waals surface area contributed by atoms with Gasteiger partial charge >= 0.3 is 0 Å². The van der Waals surface area contributed by atoms with Crippen molar-refractivity contribution >= 4 is 0 Å². The molecule has 0 amide bonds. The highest BCUT2D eigenvalue weighted by Crippen LogP contribution is 2.07. The lowest BCUT2D eigenvalue weighted by molar-refractivity contribution is 0.241. The van der Waals surface area contributed by atoms with E-state index in [2.05, 4.69) is 43.9 Å². The van der Waals surface area contributed by atoms with Gasteiger partial charge in [0.15, 0.2) is 0 Å². The molecular weight excluding hydrogens is 212 g/mol. The van der Waals surface area contributed by atoms with Crippen LogP contribution in [0, 0.1) is 5.92 Å². The van der Waals surface area contributed by atoms with Crippen molar-refractivity contribution in [2.75, 3.05) is 13.1 Å².